The Labute approximate surface area is 173 Å². The fraction of sp³-hybridized carbons (Fsp3) is 0.280. The first-order valence-electron chi connectivity index (χ1n) is 10.2. The third-order valence-electron chi connectivity index (χ3n) is 7.12. The number of fused-ring (bicyclic) bond motifs is 1. The second kappa shape index (κ2) is 6.87. The first-order chi connectivity index (χ1) is 13.6. The Morgan fingerprint density at radius 2 is 1.18 bits per heavy atom. The van der Waals surface area contributed by atoms with Crippen LogP contribution in [-0.4, -0.2) is 13.2 Å². The van der Waals surface area contributed by atoms with Gasteiger partial charge in [-0.2, -0.15) is 0 Å². The Hall–Kier alpha value is -1.87. The number of hydrogen-bond donors (Lipinski definition) is 1. The minimum Gasteiger partial charge on any atom is -0.385 e. The van der Waals surface area contributed by atoms with E-state index in [1.54, 1.807) is 10.4 Å². The molecule has 142 valence electrons. The molecule has 0 amide bonds. The number of rotatable bonds is 3. The second-order valence-electron chi connectivity index (χ2n) is 8.69. The molecule has 3 aromatic rings. The van der Waals surface area contributed by atoms with Crippen molar-refractivity contribution in [2.75, 3.05) is 0 Å². The van der Waals surface area contributed by atoms with E-state index in [1.165, 1.54) is 12.1 Å². The maximum atomic E-state index is 11.4. The third kappa shape index (κ3) is 2.95. The molecule has 1 aliphatic heterocycles. The summed E-state index contributed by atoms with van der Waals surface area (Å²) >= 11 is 6.06. The van der Waals surface area contributed by atoms with Gasteiger partial charge in [0.25, 0.3) is 0 Å². The Kier molecular flexibility index (Phi) is 4.46. The molecule has 1 saturated carbocycles. The molecule has 1 aliphatic carbocycles. The molecule has 0 bridgehead atoms. The van der Waals surface area contributed by atoms with Gasteiger partial charge in [0, 0.05) is 5.02 Å². The van der Waals surface area contributed by atoms with Crippen LogP contribution in [0.25, 0.3) is 0 Å². The monoisotopic (exact) mass is 404 g/mol. The molecule has 1 nitrogen and oxygen atoms in total. The van der Waals surface area contributed by atoms with Gasteiger partial charge in [-0.05, 0) is 54.5 Å². The predicted octanol–water partition coefficient (Wildman–Crippen LogP) is 4.83. The fourth-order valence-corrected chi connectivity index (χ4v) is 11.9. The normalized spacial score (nSPS) is 24.8. The van der Waals surface area contributed by atoms with E-state index in [4.69, 9.17) is 11.6 Å². The summed E-state index contributed by atoms with van der Waals surface area (Å²) in [4.78, 5) is 0. The van der Waals surface area contributed by atoms with Gasteiger partial charge < -0.3 is 5.11 Å². The van der Waals surface area contributed by atoms with Crippen molar-refractivity contribution in [2.45, 2.75) is 30.5 Å². The van der Waals surface area contributed by atoms with E-state index in [-0.39, 0.29) is 0 Å². The van der Waals surface area contributed by atoms with Crippen molar-refractivity contribution < 1.29 is 5.11 Å². The van der Waals surface area contributed by atoms with Gasteiger partial charge in [-0.3, -0.25) is 0 Å². The molecule has 2 aliphatic rings. The lowest BCUT2D eigenvalue weighted by molar-refractivity contribution is 0.0378. The van der Waals surface area contributed by atoms with Crippen molar-refractivity contribution in [3.8, 4) is 0 Å². The zero-order chi connectivity index (χ0) is 19.2. The van der Waals surface area contributed by atoms with Crippen LogP contribution in [0.5, 0.6) is 0 Å². The Bertz CT molecular complexity index is 899. The lowest BCUT2D eigenvalue weighted by Crippen LogP contribution is -2.56. The summed E-state index contributed by atoms with van der Waals surface area (Å²) in [6.07, 6.45) is 1.74. The largest absolute Gasteiger partial charge is 0.385 e. The van der Waals surface area contributed by atoms with Gasteiger partial charge in [-0.15, -0.1) is 0 Å². The smallest absolute Gasteiger partial charge is 0.118 e. The molecule has 0 aromatic heterocycles. The van der Waals surface area contributed by atoms with Crippen LogP contribution in [-0.2, 0) is 5.60 Å². The average molecular weight is 405 g/mol. The van der Waals surface area contributed by atoms with E-state index in [2.05, 4.69) is 60.7 Å². The Morgan fingerprint density at radius 1 is 0.714 bits per heavy atom. The highest BCUT2D eigenvalue weighted by Gasteiger charge is 2.56. The van der Waals surface area contributed by atoms with Gasteiger partial charge >= 0.3 is 0 Å². The van der Waals surface area contributed by atoms with Crippen molar-refractivity contribution >= 4 is 30.0 Å². The van der Waals surface area contributed by atoms with Gasteiger partial charge in [-0.25, -0.2) is 0 Å². The second-order valence-corrected chi connectivity index (χ2v) is 13.3. The van der Waals surface area contributed by atoms with Gasteiger partial charge in [0.2, 0.25) is 0 Å². The van der Waals surface area contributed by atoms with Crippen molar-refractivity contribution in [3.63, 3.8) is 0 Å². The van der Waals surface area contributed by atoms with E-state index in [0.717, 1.165) is 23.4 Å². The topological polar surface area (TPSA) is 20.2 Å². The zero-order valence-corrected chi connectivity index (χ0v) is 17.6. The molecule has 0 radical (unpaired) electrons. The van der Waals surface area contributed by atoms with Crippen LogP contribution in [0.4, 0.5) is 0 Å². The number of hydrogen-bond acceptors (Lipinski definition) is 1. The first kappa shape index (κ1) is 18.2. The molecule has 3 aromatic carbocycles. The Balaban J connectivity index is 1.49. The van der Waals surface area contributed by atoms with Crippen molar-refractivity contribution in [2.24, 2.45) is 11.8 Å². The van der Waals surface area contributed by atoms with Crippen LogP contribution in [0, 0.1) is 11.8 Å². The maximum Gasteiger partial charge on any atom is 0.118 e. The van der Waals surface area contributed by atoms with Crippen molar-refractivity contribution in [3.05, 3.63) is 95.5 Å². The summed E-state index contributed by atoms with van der Waals surface area (Å²) < 4.78 is 0. The molecular formula is C25H25ClOSi. The van der Waals surface area contributed by atoms with Crippen molar-refractivity contribution in [1.82, 2.24) is 0 Å². The van der Waals surface area contributed by atoms with Crippen LogP contribution >= 0.6 is 11.6 Å². The van der Waals surface area contributed by atoms with Gasteiger partial charge in [0.15, 0.2) is 0 Å². The minimum absolute atomic E-state index is 0.591. The highest BCUT2D eigenvalue weighted by molar-refractivity contribution is 7.02. The lowest BCUT2D eigenvalue weighted by Gasteiger charge is -2.32. The molecule has 28 heavy (non-hydrogen) atoms. The molecule has 5 rings (SSSR count). The van der Waals surface area contributed by atoms with Crippen LogP contribution in [0.3, 0.4) is 0 Å². The molecule has 1 heterocycles. The number of benzene rings is 3. The highest BCUT2D eigenvalue weighted by Crippen LogP contribution is 2.55. The summed E-state index contributed by atoms with van der Waals surface area (Å²) in [5.41, 5.74) is 0.325. The number of aliphatic hydroxyl groups is 1. The van der Waals surface area contributed by atoms with Crippen LogP contribution < -0.4 is 10.4 Å². The van der Waals surface area contributed by atoms with Gasteiger partial charge in [-0.1, -0.05) is 94.8 Å². The molecule has 1 saturated heterocycles. The molecule has 3 heteroatoms. The lowest BCUT2D eigenvalue weighted by atomic mass is 9.91. The highest BCUT2D eigenvalue weighted by atomic mass is 35.5. The predicted molar refractivity (Wildman–Crippen MR) is 119 cm³/mol. The SMILES string of the molecule is OC1(c2ccc(Cl)cc2)C[C@H]2C[Si](c3ccccc3)(c3ccccc3)C[C@@H]2C1. The molecule has 0 spiro atoms. The first-order valence-corrected chi connectivity index (χ1v) is 13.0. The maximum absolute atomic E-state index is 11.4. The summed E-state index contributed by atoms with van der Waals surface area (Å²) in [6, 6.07) is 32.6. The summed E-state index contributed by atoms with van der Waals surface area (Å²) in [7, 11) is -1.79. The average Bonchev–Trinajstić information content (AvgIpc) is 3.23. The third-order valence-corrected chi connectivity index (χ3v) is 12.7. The van der Waals surface area contributed by atoms with Gasteiger partial charge in [0.05, 0.1) is 5.60 Å². The van der Waals surface area contributed by atoms with Crippen LogP contribution in [0.15, 0.2) is 84.9 Å². The van der Waals surface area contributed by atoms with E-state index in [0.29, 0.717) is 11.8 Å². The van der Waals surface area contributed by atoms with Gasteiger partial charge in [0.1, 0.15) is 8.07 Å². The molecule has 2 fully saturated rings. The van der Waals surface area contributed by atoms with Crippen LogP contribution in [0.1, 0.15) is 18.4 Å². The minimum atomic E-state index is -1.79. The number of halogens is 1. The van der Waals surface area contributed by atoms with E-state index >= 15 is 0 Å². The molecule has 1 N–H and O–H groups in total. The quantitative estimate of drug-likeness (QED) is 0.620. The van der Waals surface area contributed by atoms with E-state index < -0.39 is 13.7 Å². The summed E-state index contributed by atoms with van der Waals surface area (Å²) in [5.74, 6) is 1.18. The summed E-state index contributed by atoms with van der Waals surface area (Å²) in [6.45, 7) is 0. The molecule has 0 unspecified atom stereocenters. The van der Waals surface area contributed by atoms with Crippen molar-refractivity contribution in [1.29, 1.82) is 0 Å². The fourth-order valence-electron chi connectivity index (χ4n) is 5.89. The molecular weight excluding hydrogens is 380 g/mol. The summed E-state index contributed by atoms with van der Waals surface area (Å²) in [5, 5.41) is 15.3. The van der Waals surface area contributed by atoms with E-state index in [1.807, 2.05) is 24.3 Å². The standard InChI is InChI=1S/C25H25ClOSi/c26-22-13-11-21(12-14-22)25(27)15-19-17-28(18-20(19)16-25,23-7-3-1-4-8-23)24-9-5-2-6-10-24/h1-14,19-20,27H,15-18H2/t19-,20-/m0/s1. The zero-order valence-electron chi connectivity index (χ0n) is 15.9. The van der Waals surface area contributed by atoms with Crippen LogP contribution in [0.2, 0.25) is 17.1 Å². The Morgan fingerprint density at radius 3 is 1.64 bits per heavy atom. The van der Waals surface area contributed by atoms with E-state index in [9.17, 15) is 5.11 Å². The molecule has 2 atom stereocenters.